The van der Waals surface area contributed by atoms with Crippen LogP contribution in [0.1, 0.15) is 115 Å². The number of imide groups is 1. The number of likely N-dealkylation sites (tertiary alicyclic amines) is 1. The molecule has 0 radical (unpaired) electrons. The Morgan fingerprint density at radius 3 is 1.65 bits per heavy atom. The molecule has 4 aliphatic rings. The average molecular weight is 785 g/mol. The second-order valence-electron chi connectivity index (χ2n) is 16.4. The molecule has 12 nitrogen and oxygen atoms in total. The van der Waals surface area contributed by atoms with Gasteiger partial charge in [-0.25, -0.2) is 14.4 Å². The van der Waals surface area contributed by atoms with E-state index >= 15 is 0 Å². The number of carbonyl (C=O) groups excluding carboxylic acids is 5. The van der Waals surface area contributed by atoms with Gasteiger partial charge < -0.3 is 14.2 Å². The van der Waals surface area contributed by atoms with Gasteiger partial charge in [-0.15, -0.1) is 0 Å². The van der Waals surface area contributed by atoms with E-state index in [0.29, 0.717) is 31.5 Å². The maximum Gasteiger partial charge on any atom is 0.413 e. The van der Waals surface area contributed by atoms with Crippen LogP contribution < -0.4 is 10.6 Å². The number of hydrogen-bond acceptors (Lipinski definition) is 9. The molecule has 1 unspecified atom stereocenters. The second-order valence-corrected chi connectivity index (χ2v) is 16.4. The van der Waals surface area contributed by atoms with Crippen molar-refractivity contribution < 1.29 is 38.2 Å². The van der Waals surface area contributed by atoms with E-state index in [4.69, 9.17) is 14.2 Å². The molecule has 4 amide bonds. The largest absolute Gasteiger partial charge is 0.464 e. The van der Waals surface area contributed by atoms with Crippen LogP contribution in [0.15, 0.2) is 59.6 Å². The number of nitrogens with zero attached hydrogens (tertiary/aromatic N) is 2. The molecule has 0 spiro atoms. The molecule has 2 aromatic rings. The van der Waals surface area contributed by atoms with Gasteiger partial charge >= 0.3 is 18.2 Å². The van der Waals surface area contributed by atoms with E-state index in [9.17, 15) is 24.0 Å². The Kier molecular flexibility index (Phi) is 15.9. The number of carbonyl (C=O) groups is 5. The molecule has 3 aliphatic carbocycles. The van der Waals surface area contributed by atoms with Crippen molar-refractivity contribution >= 4 is 35.9 Å². The van der Waals surface area contributed by atoms with E-state index in [1.54, 1.807) is 0 Å². The van der Waals surface area contributed by atoms with Crippen molar-refractivity contribution in [3.63, 3.8) is 0 Å². The molecule has 1 saturated heterocycles. The minimum atomic E-state index is -1.03. The Labute approximate surface area is 336 Å². The highest BCUT2D eigenvalue weighted by atomic mass is 16.6. The highest BCUT2D eigenvalue weighted by molar-refractivity contribution is 6.08. The zero-order valence-corrected chi connectivity index (χ0v) is 33.3. The normalized spacial score (nSPS) is 20.5. The molecule has 6 rings (SSSR count). The summed E-state index contributed by atoms with van der Waals surface area (Å²) >= 11 is 0. The van der Waals surface area contributed by atoms with Crippen LogP contribution in [-0.4, -0.2) is 73.2 Å². The molecule has 4 fully saturated rings. The fraction of sp³-hybridized carbons (Fsp3) is 0.600. The van der Waals surface area contributed by atoms with Crippen LogP contribution in [0.3, 0.4) is 0 Å². The number of aliphatic imine (C=N–C) groups is 1. The molecule has 0 aromatic heterocycles. The minimum absolute atomic E-state index is 0.0291. The number of nitrogens with one attached hydrogen (secondary N) is 2. The van der Waals surface area contributed by atoms with Crippen LogP contribution in [-0.2, 0) is 35.0 Å². The van der Waals surface area contributed by atoms with E-state index in [2.05, 4.69) is 15.6 Å². The Bertz CT molecular complexity index is 1630. The first-order chi connectivity index (χ1) is 27.8. The number of amides is 4. The van der Waals surface area contributed by atoms with Gasteiger partial charge in [0, 0.05) is 6.54 Å². The first-order valence-corrected chi connectivity index (χ1v) is 21.4. The Morgan fingerprint density at radius 2 is 1.12 bits per heavy atom. The third-order valence-electron chi connectivity index (χ3n) is 12.1. The van der Waals surface area contributed by atoms with Crippen molar-refractivity contribution in [2.24, 2.45) is 28.7 Å². The van der Waals surface area contributed by atoms with E-state index in [0.717, 1.165) is 98.6 Å². The van der Waals surface area contributed by atoms with Gasteiger partial charge in [-0.05, 0) is 85.8 Å². The molecule has 1 heterocycles. The molecular weight excluding hydrogens is 725 g/mol. The summed E-state index contributed by atoms with van der Waals surface area (Å²) in [5, 5.41) is 5.13. The van der Waals surface area contributed by atoms with Gasteiger partial charge in [-0.3, -0.25) is 30.1 Å². The van der Waals surface area contributed by atoms with Crippen LogP contribution in [0.25, 0.3) is 11.1 Å². The third kappa shape index (κ3) is 12.6. The predicted molar refractivity (Wildman–Crippen MR) is 216 cm³/mol. The van der Waals surface area contributed by atoms with Gasteiger partial charge in [-0.2, -0.15) is 0 Å². The maximum absolute atomic E-state index is 13.6. The Hall–Kier alpha value is -4.74. The second kappa shape index (κ2) is 21.7. The lowest BCUT2D eigenvalue weighted by Gasteiger charge is -2.44. The minimum Gasteiger partial charge on any atom is -0.464 e. The molecule has 0 bridgehead atoms. The third-order valence-corrected chi connectivity index (χ3v) is 12.1. The quantitative estimate of drug-likeness (QED) is 0.0487. The highest BCUT2D eigenvalue weighted by Crippen LogP contribution is 2.34. The van der Waals surface area contributed by atoms with Crippen molar-refractivity contribution in [3.8, 4) is 11.1 Å². The maximum atomic E-state index is 13.6. The monoisotopic (exact) mass is 784 g/mol. The van der Waals surface area contributed by atoms with E-state index in [1.807, 2.05) is 54.6 Å². The summed E-state index contributed by atoms with van der Waals surface area (Å²) in [5.74, 6) is -1.38. The Morgan fingerprint density at radius 1 is 0.632 bits per heavy atom. The van der Waals surface area contributed by atoms with Crippen molar-refractivity contribution in [2.45, 2.75) is 122 Å². The summed E-state index contributed by atoms with van der Waals surface area (Å²) in [6.07, 6.45) is 15.4. The van der Waals surface area contributed by atoms with Gasteiger partial charge in [0.05, 0.1) is 32.2 Å². The summed E-state index contributed by atoms with van der Waals surface area (Å²) in [5.41, 5.74) is 2.81. The van der Waals surface area contributed by atoms with E-state index in [-0.39, 0.29) is 37.9 Å². The van der Waals surface area contributed by atoms with E-state index in [1.165, 1.54) is 19.3 Å². The number of hydrogen-bond donors (Lipinski definition) is 2. The first kappa shape index (κ1) is 41.9. The van der Waals surface area contributed by atoms with Crippen LogP contribution in [0.4, 0.5) is 9.59 Å². The topological polar surface area (TPSA) is 153 Å². The molecule has 308 valence electrons. The van der Waals surface area contributed by atoms with Gasteiger partial charge in [0.2, 0.25) is 17.8 Å². The van der Waals surface area contributed by atoms with Gasteiger partial charge in [0.15, 0.2) is 0 Å². The molecular formula is C45H60N4O8. The molecule has 12 heteroatoms. The van der Waals surface area contributed by atoms with Crippen LogP contribution in [0.5, 0.6) is 0 Å². The van der Waals surface area contributed by atoms with Crippen LogP contribution >= 0.6 is 0 Å². The van der Waals surface area contributed by atoms with Crippen molar-refractivity contribution in [2.75, 3.05) is 26.4 Å². The highest BCUT2D eigenvalue weighted by Gasteiger charge is 2.54. The van der Waals surface area contributed by atoms with Crippen LogP contribution in [0, 0.1) is 23.7 Å². The number of esters is 1. The molecule has 2 aromatic carbocycles. The zero-order valence-electron chi connectivity index (χ0n) is 33.3. The number of ether oxygens (including phenoxy) is 3. The van der Waals surface area contributed by atoms with Crippen LogP contribution in [0.2, 0.25) is 0 Å². The Balaban J connectivity index is 1.07. The summed E-state index contributed by atoms with van der Waals surface area (Å²) in [7, 11) is 0. The fourth-order valence-electron chi connectivity index (χ4n) is 8.69. The molecule has 57 heavy (non-hydrogen) atoms. The SMILES string of the molecule is O=C(NC(=NCCC[C@H]1C(=O)N(C(=O)Cc2ccc(-c3ccccc3)cc2)C1C(=O)OCC1CCCCC1)NC(=O)OCC1CCCCC1)OCC1CCCCC1. The van der Waals surface area contributed by atoms with Gasteiger partial charge in [-0.1, -0.05) is 112 Å². The number of alkyl carbamates (subject to hydrolysis) is 2. The number of guanidine groups is 1. The summed E-state index contributed by atoms with van der Waals surface area (Å²) < 4.78 is 16.8. The van der Waals surface area contributed by atoms with Gasteiger partial charge in [0.1, 0.15) is 6.04 Å². The van der Waals surface area contributed by atoms with Crippen molar-refractivity contribution in [3.05, 3.63) is 60.2 Å². The molecule has 3 saturated carbocycles. The summed E-state index contributed by atoms with van der Waals surface area (Å²) in [6, 6.07) is 16.5. The number of benzene rings is 2. The average Bonchev–Trinajstić information content (AvgIpc) is 3.24. The standard InChI is InChI=1S/C45H60N4O8/c50-39(28-32-23-25-37(26-24-32)36-20-11-4-12-21-36)49-40(42(52)55-29-33-14-5-1-6-15-33)38(41(49)51)22-13-27-46-43(47-44(53)56-30-34-16-7-2-8-17-34)48-45(54)57-31-35-18-9-3-10-19-35/h4,11-12,20-21,23-26,33-35,38,40H,1-3,5-10,13-19,22,27-31H2,(H2,46,47,48,53,54)/t38-,40?/m1/s1. The fourth-order valence-corrected chi connectivity index (χ4v) is 8.69. The van der Waals surface area contributed by atoms with Crippen molar-refractivity contribution in [1.29, 1.82) is 0 Å². The lowest BCUT2D eigenvalue weighted by Crippen LogP contribution is -2.67. The number of rotatable bonds is 14. The molecule has 1 aliphatic heterocycles. The zero-order chi connectivity index (χ0) is 39.8. The van der Waals surface area contributed by atoms with Crippen molar-refractivity contribution in [1.82, 2.24) is 15.5 Å². The molecule has 2 atom stereocenters. The lowest BCUT2D eigenvalue weighted by atomic mass is 9.83. The van der Waals surface area contributed by atoms with E-state index < -0.39 is 41.9 Å². The lowest BCUT2D eigenvalue weighted by molar-refractivity contribution is -0.180. The summed E-state index contributed by atoms with van der Waals surface area (Å²) in [6.45, 7) is 0.983. The molecule has 2 N–H and O–H groups in total. The first-order valence-electron chi connectivity index (χ1n) is 21.4. The summed E-state index contributed by atoms with van der Waals surface area (Å²) in [4.78, 5) is 71.9. The van der Waals surface area contributed by atoms with Gasteiger partial charge in [0.25, 0.3) is 0 Å². The smallest absolute Gasteiger partial charge is 0.413 e. The number of β-lactam (4-membered cyclic amide) rings is 1. The predicted octanol–water partition coefficient (Wildman–Crippen LogP) is 8.12.